The smallest absolute Gasteiger partial charge is 0.252 e. The number of nitrogens with zero attached hydrogens (tertiary/aromatic N) is 3. The third-order valence-electron chi connectivity index (χ3n) is 6.43. The molecule has 1 aliphatic heterocycles. The van der Waals surface area contributed by atoms with Gasteiger partial charge in [-0.2, -0.15) is 0 Å². The Kier molecular flexibility index (Phi) is 8.91. The van der Waals surface area contributed by atoms with Gasteiger partial charge in [0, 0.05) is 42.3 Å². The molecule has 1 aliphatic carbocycles. The van der Waals surface area contributed by atoms with E-state index >= 15 is 0 Å². The van der Waals surface area contributed by atoms with Crippen molar-refractivity contribution < 1.29 is 27.6 Å². The van der Waals surface area contributed by atoms with Crippen molar-refractivity contribution >= 4 is 52.2 Å². The predicted molar refractivity (Wildman–Crippen MR) is 145 cm³/mol. The number of carbonyl (C=O) groups is 3. The molecule has 0 bridgehead atoms. The molecule has 0 radical (unpaired) electrons. The van der Waals surface area contributed by atoms with Gasteiger partial charge in [0.2, 0.25) is 11.8 Å². The fourth-order valence-corrected chi connectivity index (χ4v) is 5.24. The predicted octanol–water partition coefficient (Wildman–Crippen LogP) is 5.00. The monoisotopic (exact) mass is 578 g/mol. The number of nitrogens with one attached hydrogen (secondary N) is 1. The second-order valence-corrected chi connectivity index (χ2v) is 10.3. The zero-order valence-corrected chi connectivity index (χ0v) is 22.3. The van der Waals surface area contributed by atoms with Crippen molar-refractivity contribution in [2.24, 2.45) is 0 Å². The van der Waals surface area contributed by atoms with Crippen molar-refractivity contribution in [2.45, 2.75) is 49.7 Å². The molecule has 4 rings (SSSR count). The van der Waals surface area contributed by atoms with Crippen LogP contribution in [-0.2, 0) is 14.4 Å². The number of amides is 3. The van der Waals surface area contributed by atoms with Gasteiger partial charge in [-0.25, -0.2) is 18.2 Å². The van der Waals surface area contributed by atoms with E-state index in [9.17, 15) is 27.6 Å². The van der Waals surface area contributed by atoms with Crippen LogP contribution in [0, 0.1) is 5.82 Å². The molecule has 1 N–H and O–H groups in total. The lowest BCUT2D eigenvalue weighted by molar-refractivity contribution is -0.132. The molecule has 1 saturated heterocycles. The van der Waals surface area contributed by atoms with E-state index in [0.29, 0.717) is 5.82 Å². The summed E-state index contributed by atoms with van der Waals surface area (Å²) in [6.07, 6.45) is 5.46. The van der Waals surface area contributed by atoms with Crippen molar-refractivity contribution in [3.8, 4) is 0 Å². The molecule has 2 heterocycles. The summed E-state index contributed by atoms with van der Waals surface area (Å²) in [5.74, 6) is -4.74. The summed E-state index contributed by atoms with van der Waals surface area (Å²) in [4.78, 5) is 47.1. The number of hydrogen-bond donors (Lipinski definition) is 1. The fraction of sp³-hybridized carbons (Fsp3) is 0.333. The first-order valence-electron chi connectivity index (χ1n) is 12.2. The van der Waals surface area contributed by atoms with Gasteiger partial charge in [0.25, 0.3) is 11.8 Å². The van der Waals surface area contributed by atoms with E-state index < -0.39 is 54.5 Å². The molecule has 12 heteroatoms. The standard InChI is InChI=1S/C27H26ClF3N4O3S/c1-17(6-3-2-4-11-28)24(25(37)33-19-13-27(30,31)14-19)34(20-8-5-7-18(29)12-20)26(38)21-9-10-23(36)35(21)22-15-39-16-32-22/h2-8,12,15-16,19,21,24H,1,9-11,13-14H2,(H,33,37)/b4-2-,6-3-/t21-,24-/m0/s1. The Morgan fingerprint density at radius 1 is 1.33 bits per heavy atom. The van der Waals surface area contributed by atoms with Crippen molar-refractivity contribution in [1.29, 1.82) is 0 Å². The molecule has 3 amide bonds. The molecule has 1 saturated carbocycles. The highest BCUT2D eigenvalue weighted by Crippen LogP contribution is 2.38. The Morgan fingerprint density at radius 3 is 2.74 bits per heavy atom. The lowest BCUT2D eigenvalue weighted by atomic mass is 9.87. The summed E-state index contributed by atoms with van der Waals surface area (Å²) < 4.78 is 41.4. The maximum absolute atomic E-state index is 14.4. The van der Waals surface area contributed by atoms with E-state index in [1.165, 1.54) is 46.0 Å². The summed E-state index contributed by atoms with van der Waals surface area (Å²) >= 11 is 6.92. The zero-order chi connectivity index (χ0) is 28.2. The van der Waals surface area contributed by atoms with Crippen LogP contribution in [0.5, 0.6) is 0 Å². The lowest BCUT2D eigenvalue weighted by Crippen LogP contribution is -2.59. The average molecular weight is 579 g/mol. The highest BCUT2D eigenvalue weighted by atomic mass is 35.5. The molecule has 1 aromatic carbocycles. The van der Waals surface area contributed by atoms with E-state index in [1.54, 1.807) is 23.6 Å². The van der Waals surface area contributed by atoms with Crippen LogP contribution in [-0.4, -0.2) is 52.6 Å². The van der Waals surface area contributed by atoms with Crippen LogP contribution in [0.2, 0.25) is 0 Å². The molecule has 0 unspecified atom stereocenters. The van der Waals surface area contributed by atoms with Crippen molar-refractivity contribution in [3.63, 3.8) is 0 Å². The summed E-state index contributed by atoms with van der Waals surface area (Å²) in [6.45, 7) is 3.97. The van der Waals surface area contributed by atoms with Gasteiger partial charge in [-0.1, -0.05) is 36.9 Å². The minimum absolute atomic E-state index is 0.0440. The van der Waals surface area contributed by atoms with Gasteiger partial charge in [-0.3, -0.25) is 24.2 Å². The van der Waals surface area contributed by atoms with E-state index in [0.717, 1.165) is 11.0 Å². The first-order valence-corrected chi connectivity index (χ1v) is 13.6. The van der Waals surface area contributed by atoms with Gasteiger partial charge < -0.3 is 5.32 Å². The summed E-state index contributed by atoms with van der Waals surface area (Å²) in [6, 6.07) is 1.85. The molecular formula is C27H26ClF3N4O3S. The Bertz CT molecular complexity index is 1290. The molecule has 2 aliphatic rings. The third-order valence-corrected chi connectivity index (χ3v) is 7.18. The second kappa shape index (κ2) is 12.2. The van der Waals surface area contributed by atoms with Gasteiger partial charge in [-0.15, -0.1) is 22.9 Å². The first-order chi connectivity index (χ1) is 18.6. The number of benzene rings is 1. The largest absolute Gasteiger partial charge is 0.351 e. The Labute approximate surface area is 232 Å². The minimum Gasteiger partial charge on any atom is -0.351 e. The topological polar surface area (TPSA) is 82.6 Å². The van der Waals surface area contributed by atoms with Crippen LogP contribution >= 0.6 is 22.9 Å². The Morgan fingerprint density at radius 2 is 2.10 bits per heavy atom. The van der Waals surface area contributed by atoms with Crippen LogP contribution < -0.4 is 15.1 Å². The van der Waals surface area contributed by atoms with E-state index in [4.69, 9.17) is 11.6 Å². The molecule has 0 spiro atoms. The van der Waals surface area contributed by atoms with Gasteiger partial charge in [0.1, 0.15) is 23.7 Å². The highest BCUT2D eigenvalue weighted by Gasteiger charge is 2.48. The minimum atomic E-state index is -2.88. The molecule has 2 fully saturated rings. The van der Waals surface area contributed by atoms with Crippen LogP contribution in [0.15, 0.2) is 71.6 Å². The maximum Gasteiger partial charge on any atom is 0.252 e. The lowest BCUT2D eigenvalue weighted by Gasteiger charge is -2.39. The number of allylic oxidation sites excluding steroid dienone is 3. The van der Waals surface area contributed by atoms with E-state index in [1.807, 2.05) is 0 Å². The number of rotatable bonds is 10. The van der Waals surface area contributed by atoms with Crippen molar-refractivity contribution in [2.75, 3.05) is 15.7 Å². The van der Waals surface area contributed by atoms with Crippen LogP contribution in [0.25, 0.3) is 0 Å². The quantitative estimate of drug-likeness (QED) is 0.318. The Hall–Kier alpha value is -3.44. The van der Waals surface area contributed by atoms with Gasteiger partial charge in [0.15, 0.2) is 0 Å². The molecule has 1 aromatic heterocycles. The first kappa shape index (κ1) is 28.6. The summed E-state index contributed by atoms with van der Waals surface area (Å²) in [7, 11) is 0. The molecule has 206 valence electrons. The number of halogens is 4. The SMILES string of the molecule is C=C(/C=C\C=C/CCl)[C@@H](C(=O)NC1CC(F)(F)C1)N(C(=O)[C@@H]1CCC(=O)N1c1cscn1)c1cccc(F)c1. The highest BCUT2D eigenvalue weighted by molar-refractivity contribution is 7.07. The number of thiazole rings is 1. The molecule has 39 heavy (non-hydrogen) atoms. The Balaban J connectivity index is 1.75. The van der Waals surface area contributed by atoms with E-state index in [-0.39, 0.29) is 35.9 Å². The zero-order valence-electron chi connectivity index (χ0n) is 20.7. The van der Waals surface area contributed by atoms with Crippen LogP contribution in [0.4, 0.5) is 24.7 Å². The molecular weight excluding hydrogens is 553 g/mol. The molecule has 7 nitrogen and oxygen atoms in total. The average Bonchev–Trinajstić information content (AvgIpc) is 3.53. The van der Waals surface area contributed by atoms with Crippen molar-refractivity contribution in [3.05, 3.63) is 77.4 Å². The summed E-state index contributed by atoms with van der Waals surface area (Å²) in [5.41, 5.74) is 1.71. The molecule has 2 aromatic rings. The van der Waals surface area contributed by atoms with Crippen LogP contribution in [0.3, 0.4) is 0 Å². The second-order valence-electron chi connectivity index (χ2n) is 9.24. The van der Waals surface area contributed by atoms with Gasteiger partial charge in [-0.05, 0) is 30.2 Å². The number of anilines is 2. The number of aromatic nitrogens is 1. The molecule has 2 atom stereocenters. The number of hydrogen-bond acceptors (Lipinski definition) is 5. The maximum atomic E-state index is 14.4. The van der Waals surface area contributed by atoms with Gasteiger partial charge in [0.05, 0.1) is 5.51 Å². The summed E-state index contributed by atoms with van der Waals surface area (Å²) in [5, 5.41) is 4.21. The number of alkyl halides is 3. The van der Waals surface area contributed by atoms with E-state index in [2.05, 4.69) is 16.9 Å². The van der Waals surface area contributed by atoms with Gasteiger partial charge >= 0.3 is 0 Å². The number of carbonyl (C=O) groups excluding carboxylic acids is 3. The third kappa shape index (κ3) is 6.59. The van der Waals surface area contributed by atoms with Crippen LogP contribution in [0.1, 0.15) is 25.7 Å². The van der Waals surface area contributed by atoms with Crippen molar-refractivity contribution in [1.82, 2.24) is 10.3 Å². The fourth-order valence-electron chi connectivity index (χ4n) is 4.62. The normalized spacial score (nSPS) is 19.8.